The third kappa shape index (κ3) is 8.92. The van der Waals surface area contributed by atoms with Crippen LogP contribution in [0.2, 0.25) is 23.2 Å². The minimum absolute atomic E-state index is 0.0625. The van der Waals surface area contributed by atoms with Gasteiger partial charge in [0.05, 0.1) is 30.9 Å². The molecule has 0 saturated carbocycles. The molecule has 1 aromatic rings. The van der Waals surface area contributed by atoms with Gasteiger partial charge in [-0.25, -0.2) is 4.79 Å². The molecule has 0 spiro atoms. The van der Waals surface area contributed by atoms with Crippen molar-refractivity contribution in [2.24, 2.45) is 5.41 Å². The Labute approximate surface area is 225 Å². The molecule has 9 heteroatoms. The first-order chi connectivity index (χ1) is 16.0. The van der Waals surface area contributed by atoms with Gasteiger partial charge in [-0.3, -0.25) is 4.79 Å². The van der Waals surface area contributed by atoms with Crippen molar-refractivity contribution in [3.63, 3.8) is 0 Å². The lowest BCUT2D eigenvalue weighted by molar-refractivity contribution is -0.138. The molecule has 198 valence electrons. The quantitative estimate of drug-likeness (QED) is 0.0736. The van der Waals surface area contributed by atoms with Crippen LogP contribution in [0.25, 0.3) is 0 Å². The summed E-state index contributed by atoms with van der Waals surface area (Å²) in [6.07, 6.45) is 1.43. The highest BCUT2D eigenvalue weighted by atomic mass is 79.9. The van der Waals surface area contributed by atoms with Gasteiger partial charge in [0.25, 0.3) is 0 Å². The molecule has 0 amide bonds. The van der Waals surface area contributed by atoms with E-state index in [1.807, 2.05) is 6.92 Å². The second-order valence-electron chi connectivity index (χ2n) is 11.0. The van der Waals surface area contributed by atoms with Gasteiger partial charge in [0.15, 0.2) is 8.32 Å². The van der Waals surface area contributed by atoms with Gasteiger partial charge < -0.3 is 19.2 Å². The van der Waals surface area contributed by atoms with E-state index in [4.69, 9.17) is 25.5 Å². The number of esters is 1. The van der Waals surface area contributed by atoms with Gasteiger partial charge in [0.2, 0.25) is 5.78 Å². The average Bonchev–Trinajstić information content (AvgIpc) is 2.71. The summed E-state index contributed by atoms with van der Waals surface area (Å²) in [7, 11) is -2.00. The molecule has 6 nitrogen and oxygen atoms in total. The number of hydrogen-bond acceptors (Lipinski definition) is 6. The number of halogens is 2. The van der Waals surface area contributed by atoms with Gasteiger partial charge >= 0.3 is 5.97 Å². The van der Waals surface area contributed by atoms with Crippen molar-refractivity contribution in [2.45, 2.75) is 79.6 Å². The van der Waals surface area contributed by atoms with Crippen LogP contribution in [0.5, 0.6) is 5.75 Å². The predicted octanol–water partition coefficient (Wildman–Crippen LogP) is 7.16. The highest BCUT2D eigenvalue weighted by Crippen LogP contribution is 2.37. The third-order valence-corrected chi connectivity index (χ3v) is 11.5. The Kier molecular flexibility index (Phi) is 11.5. The molecule has 1 N–H and O–H groups in total. The summed E-state index contributed by atoms with van der Waals surface area (Å²) in [5.74, 6) is -0.920. The van der Waals surface area contributed by atoms with Gasteiger partial charge in [0, 0.05) is 16.2 Å². The van der Waals surface area contributed by atoms with Crippen LogP contribution in [0.15, 0.2) is 28.4 Å². The molecule has 0 fully saturated rings. The molecule has 0 aliphatic carbocycles. The monoisotopic (exact) mass is 589 g/mol. The van der Waals surface area contributed by atoms with E-state index >= 15 is 0 Å². The van der Waals surface area contributed by atoms with Crippen molar-refractivity contribution in [3.05, 3.63) is 39.0 Å². The van der Waals surface area contributed by atoms with E-state index in [0.717, 1.165) is 0 Å². The molecule has 35 heavy (non-hydrogen) atoms. The lowest BCUT2D eigenvalue weighted by Crippen LogP contribution is -2.48. The van der Waals surface area contributed by atoms with Crippen LogP contribution in [0.4, 0.5) is 0 Å². The Bertz CT molecular complexity index is 935. The summed E-state index contributed by atoms with van der Waals surface area (Å²) in [4.78, 5) is 26.3. The normalized spacial score (nSPS) is 13.9. The van der Waals surface area contributed by atoms with Crippen LogP contribution in [-0.2, 0) is 14.0 Å². The predicted molar refractivity (Wildman–Crippen MR) is 149 cm³/mol. The van der Waals surface area contributed by atoms with Crippen molar-refractivity contribution in [1.29, 1.82) is 0 Å². The molecule has 1 unspecified atom stereocenters. The van der Waals surface area contributed by atoms with Crippen molar-refractivity contribution in [2.75, 3.05) is 19.8 Å². The summed E-state index contributed by atoms with van der Waals surface area (Å²) in [5, 5.41) is 3.48. The highest BCUT2D eigenvalue weighted by molar-refractivity contribution is 9.10. The second-order valence-corrected chi connectivity index (χ2v) is 17.1. The molecule has 0 heterocycles. The molecule has 1 atom stereocenters. The number of Topliss-reactive ketones (excluding diaryl/α,β-unsaturated/α-hetero) is 1. The molecule has 1 aromatic carbocycles. The first kappa shape index (κ1) is 31.7. The molecule has 0 aromatic heterocycles. The maximum Gasteiger partial charge on any atom is 0.343 e. The van der Waals surface area contributed by atoms with Crippen molar-refractivity contribution in [3.8, 4) is 5.75 Å². The lowest BCUT2D eigenvalue weighted by Gasteiger charge is -2.39. The fourth-order valence-corrected chi connectivity index (χ4v) is 4.50. The Morgan fingerprint density at radius 2 is 1.71 bits per heavy atom. The second kappa shape index (κ2) is 12.7. The zero-order valence-electron chi connectivity index (χ0n) is 22.7. The molecule has 0 saturated heterocycles. The lowest BCUT2D eigenvalue weighted by atomic mass is 9.87. The number of hydrogen-bond donors (Lipinski definition) is 1. The standard InChI is InChI=1S/C26H41BrClNO5Si/c1-11-32-20-14-17(27)13-18(22(20)28)23(30)19(24(31)33-12-2)15-29-21(25(3,4)5)16-34-35(9,10)26(6,7)8/h13-15,21,29H,11-12,16H2,1-10H3/b19-15-. The first-order valence-corrected chi connectivity index (χ1v) is 16.0. The van der Waals surface area contributed by atoms with Crippen molar-refractivity contribution < 1.29 is 23.5 Å². The Balaban J connectivity index is 3.39. The van der Waals surface area contributed by atoms with Gasteiger partial charge in [-0.2, -0.15) is 0 Å². The van der Waals surface area contributed by atoms with E-state index < -0.39 is 20.1 Å². The number of rotatable bonds is 11. The fourth-order valence-electron chi connectivity index (χ4n) is 2.80. The maximum atomic E-state index is 13.5. The minimum Gasteiger partial charge on any atom is -0.492 e. The largest absolute Gasteiger partial charge is 0.492 e. The van der Waals surface area contributed by atoms with E-state index in [2.05, 4.69) is 75.9 Å². The van der Waals surface area contributed by atoms with Crippen LogP contribution in [0.3, 0.4) is 0 Å². The molecular formula is C26H41BrClNO5Si. The summed E-state index contributed by atoms with van der Waals surface area (Å²) < 4.78 is 17.8. The van der Waals surface area contributed by atoms with Crippen molar-refractivity contribution in [1.82, 2.24) is 5.32 Å². The number of nitrogens with one attached hydrogen (secondary N) is 1. The van der Waals surface area contributed by atoms with E-state index in [1.165, 1.54) is 6.20 Å². The Morgan fingerprint density at radius 3 is 2.20 bits per heavy atom. The number of ether oxygens (including phenoxy) is 2. The number of carbonyl (C=O) groups is 2. The molecular weight excluding hydrogens is 550 g/mol. The maximum absolute atomic E-state index is 13.5. The fraction of sp³-hybridized carbons (Fsp3) is 0.615. The highest BCUT2D eigenvalue weighted by Gasteiger charge is 2.38. The molecule has 1 rings (SSSR count). The molecule has 0 aliphatic rings. The minimum atomic E-state index is -2.00. The number of carbonyl (C=O) groups excluding carboxylic acids is 2. The third-order valence-electron chi connectivity index (χ3n) is 6.18. The Hall–Kier alpha value is -1.35. The van der Waals surface area contributed by atoms with E-state index in [1.54, 1.807) is 19.1 Å². The number of benzene rings is 1. The van der Waals surface area contributed by atoms with Gasteiger partial charge in [-0.05, 0) is 49.5 Å². The molecule has 0 radical (unpaired) electrons. The molecule has 0 bridgehead atoms. The summed E-state index contributed by atoms with van der Waals surface area (Å²) in [6.45, 7) is 21.7. The van der Waals surface area contributed by atoms with Gasteiger partial charge in [-0.15, -0.1) is 0 Å². The first-order valence-electron chi connectivity index (χ1n) is 11.9. The number of ketones is 1. The van der Waals surface area contributed by atoms with Crippen LogP contribution in [-0.4, -0.2) is 45.9 Å². The zero-order valence-corrected chi connectivity index (χ0v) is 26.1. The SMILES string of the molecule is CCOC(=O)/C(=C\NC(CO[Si](C)(C)C(C)(C)C)C(C)(C)C)C(=O)c1cc(Br)cc(OCC)c1Cl. The van der Waals surface area contributed by atoms with E-state index in [0.29, 0.717) is 23.4 Å². The summed E-state index contributed by atoms with van der Waals surface area (Å²) in [5.41, 5.74) is -0.205. The van der Waals surface area contributed by atoms with Crippen LogP contribution in [0, 0.1) is 5.41 Å². The molecule has 0 aliphatic heterocycles. The van der Waals surface area contributed by atoms with Crippen LogP contribution < -0.4 is 10.1 Å². The summed E-state index contributed by atoms with van der Waals surface area (Å²) >= 11 is 9.87. The smallest absolute Gasteiger partial charge is 0.343 e. The van der Waals surface area contributed by atoms with Crippen LogP contribution in [0.1, 0.15) is 65.7 Å². The zero-order chi connectivity index (χ0) is 27.2. The van der Waals surface area contributed by atoms with Crippen LogP contribution >= 0.6 is 27.5 Å². The van der Waals surface area contributed by atoms with E-state index in [9.17, 15) is 9.59 Å². The van der Waals surface area contributed by atoms with E-state index in [-0.39, 0.29) is 39.3 Å². The van der Waals surface area contributed by atoms with Gasteiger partial charge in [0.1, 0.15) is 11.3 Å². The van der Waals surface area contributed by atoms with Gasteiger partial charge in [-0.1, -0.05) is 69.1 Å². The topological polar surface area (TPSA) is 73.9 Å². The van der Waals surface area contributed by atoms with Crippen molar-refractivity contribution >= 4 is 47.6 Å². The Morgan fingerprint density at radius 1 is 1.11 bits per heavy atom. The average molecular weight is 591 g/mol. The summed E-state index contributed by atoms with van der Waals surface area (Å²) in [6, 6.07) is 3.09.